The SMILES string of the molecule is CCNS(=O)Oc1ccc(Cl)cc1. The van der Waals surface area contributed by atoms with Crippen LogP contribution in [0.4, 0.5) is 0 Å². The highest BCUT2D eigenvalue weighted by molar-refractivity contribution is 7.78. The average molecular weight is 220 g/mol. The molecule has 0 bridgehead atoms. The van der Waals surface area contributed by atoms with Crippen LogP contribution in [0.5, 0.6) is 5.75 Å². The summed E-state index contributed by atoms with van der Waals surface area (Å²) >= 11 is 4.19. The van der Waals surface area contributed by atoms with Gasteiger partial charge in [0.1, 0.15) is 5.75 Å². The molecular formula is C8H10ClNO2S. The Bertz CT molecular complexity index is 289. The van der Waals surface area contributed by atoms with Gasteiger partial charge in [-0.1, -0.05) is 18.5 Å². The molecule has 0 saturated heterocycles. The summed E-state index contributed by atoms with van der Waals surface area (Å²) in [5, 5.41) is 0.626. The number of hydrogen-bond donors (Lipinski definition) is 1. The highest BCUT2D eigenvalue weighted by atomic mass is 35.5. The maximum absolute atomic E-state index is 11.0. The zero-order valence-corrected chi connectivity index (χ0v) is 8.69. The lowest BCUT2D eigenvalue weighted by atomic mass is 10.3. The Morgan fingerprint density at radius 1 is 1.46 bits per heavy atom. The zero-order chi connectivity index (χ0) is 9.68. The van der Waals surface area contributed by atoms with Gasteiger partial charge in [-0.15, -0.1) is 0 Å². The van der Waals surface area contributed by atoms with E-state index < -0.39 is 11.3 Å². The van der Waals surface area contributed by atoms with Crippen LogP contribution in [-0.4, -0.2) is 10.8 Å². The maximum atomic E-state index is 11.0. The molecule has 0 amide bonds. The molecule has 1 N–H and O–H groups in total. The summed E-state index contributed by atoms with van der Waals surface area (Å²) in [6.45, 7) is 2.45. The quantitative estimate of drug-likeness (QED) is 0.840. The normalized spacial score (nSPS) is 12.5. The molecule has 1 unspecified atom stereocenters. The highest BCUT2D eigenvalue weighted by Crippen LogP contribution is 2.15. The number of hydrogen-bond acceptors (Lipinski definition) is 2. The van der Waals surface area contributed by atoms with Crippen molar-refractivity contribution in [1.29, 1.82) is 0 Å². The summed E-state index contributed by atoms with van der Waals surface area (Å²) in [4.78, 5) is 0. The van der Waals surface area contributed by atoms with Gasteiger partial charge >= 0.3 is 0 Å². The van der Waals surface area contributed by atoms with E-state index in [4.69, 9.17) is 15.8 Å². The van der Waals surface area contributed by atoms with E-state index in [1.165, 1.54) is 0 Å². The molecule has 1 aromatic carbocycles. The highest BCUT2D eigenvalue weighted by Gasteiger charge is 1.99. The first-order valence-corrected chi connectivity index (χ1v) is 5.27. The Morgan fingerprint density at radius 3 is 2.62 bits per heavy atom. The first kappa shape index (κ1) is 10.5. The van der Waals surface area contributed by atoms with Crippen LogP contribution in [0.1, 0.15) is 6.92 Å². The molecule has 0 saturated carbocycles. The van der Waals surface area contributed by atoms with Crippen LogP contribution in [0.3, 0.4) is 0 Å². The summed E-state index contributed by atoms with van der Waals surface area (Å²) in [5.74, 6) is 0.531. The van der Waals surface area contributed by atoms with Gasteiger partial charge in [-0.3, -0.25) is 0 Å². The molecule has 0 heterocycles. The largest absolute Gasteiger partial charge is 0.389 e. The predicted octanol–water partition coefficient (Wildman–Crippen LogP) is 1.91. The third kappa shape index (κ3) is 3.76. The molecular weight excluding hydrogens is 210 g/mol. The van der Waals surface area contributed by atoms with E-state index in [0.717, 1.165) is 0 Å². The summed E-state index contributed by atoms with van der Waals surface area (Å²) in [5.41, 5.74) is 0. The number of halogens is 1. The molecule has 5 heteroatoms. The molecule has 1 aromatic rings. The van der Waals surface area contributed by atoms with E-state index in [2.05, 4.69) is 4.72 Å². The second-order valence-corrected chi connectivity index (χ2v) is 3.63. The molecule has 0 aliphatic rings. The van der Waals surface area contributed by atoms with Gasteiger partial charge in [-0.05, 0) is 24.3 Å². The van der Waals surface area contributed by atoms with Crippen molar-refractivity contribution in [2.45, 2.75) is 6.92 Å². The molecule has 1 atom stereocenters. The Balaban J connectivity index is 2.54. The van der Waals surface area contributed by atoms with Crippen LogP contribution in [-0.2, 0) is 11.3 Å². The smallest absolute Gasteiger partial charge is 0.287 e. The Hall–Kier alpha value is -0.580. The van der Waals surface area contributed by atoms with Gasteiger partial charge in [0.05, 0.1) is 0 Å². The average Bonchev–Trinajstić information content (AvgIpc) is 2.09. The monoisotopic (exact) mass is 219 g/mol. The Kier molecular flexibility index (Phi) is 4.21. The fourth-order valence-electron chi connectivity index (χ4n) is 0.725. The van der Waals surface area contributed by atoms with Gasteiger partial charge in [0.2, 0.25) is 0 Å². The van der Waals surface area contributed by atoms with Crippen molar-refractivity contribution in [3.63, 3.8) is 0 Å². The van der Waals surface area contributed by atoms with Crippen LogP contribution in [0.15, 0.2) is 24.3 Å². The molecule has 0 aromatic heterocycles. The Morgan fingerprint density at radius 2 is 2.08 bits per heavy atom. The minimum atomic E-state index is -1.47. The third-order valence-electron chi connectivity index (χ3n) is 1.25. The Labute approximate surface area is 84.8 Å². The van der Waals surface area contributed by atoms with E-state index in [9.17, 15) is 4.21 Å². The zero-order valence-electron chi connectivity index (χ0n) is 7.12. The lowest BCUT2D eigenvalue weighted by molar-refractivity contribution is 0.550. The van der Waals surface area contributed by atoms with Crippen molar-refractivity contribution < 1.29 is 8.39 Å². The number of benzene rings is 1. The number of nitrogens with one attached hydrogen (secondary N) is 1. The van der Waals surface area contributed by atoms with Crippen LogP contribution >= 0.6 is 11.6 Å². The summed E-state index contributed by atoms with van der Waals surface area (Å²) < 4.78 is 18.7. The molecule has 72 valence electrons. The van der Waals surface area contributed by atoms with E-state index >= 15 is 0 Å². The van der Waals surface area contributed by atoms with Gasteiger partial charge in [0.25, 0.3) is 11.3 Å². The van der Waals surface area contributed by atoms with Crippen molar-refractivity contribution in [3.05, 3.63) is 29.3 Å². The summed E-state index contributed by atoms with van der Waals surface area (Å²) in [7, 11) is 0. The van der Waals surface area contributed by atoms with E-state index in [0.29, 0.717) is 17.3 Å². The third-order valence-corrected chi connectivity index (χ3v) is 2.37. The van der Waals surface area contributed by atoms with Crippen molar-refractivity contribution in [1.82, 2.24) is 4.72 Å². The van der Waals surface area contributed by atoms with Gasteiger partial charge in [-0.25, -0.2) is 4.72 Å². The van der Waals surface area contributed by atoms with Gasteiger partial charge < -0.3 is 4.18 Å². The van der Waals surface area contributed by atoms with Crippen molar-refractivity contribution >= 4 is 22.9 Å². The lowest BCUT2D eigenvalue weighted by Gasteiger charge is -2.03. The van der Waals surface area contributed by atoms with E-state index in [1.54, 1.807) is 24.3 Å². The predicted molar refractivity (Wildman–Crippen MR) is 53.9 cm³/mol. The molecule has 3 nitrogen and oxygen atoms in total. The first-order valence-electron chi connectivity index (χ1n) is 3.81. The summed E-state index contributed by atoms with van der Waals surface area (Å²) in [6.07, 6.45) is 0. The molecule has 13 heavy (non-hydrogen) atoms. The second kappa shape index (κ2) is 5.21. The van der Waals surface area contributed by atoms with Crippen molar-refractivity contribution in [3.8, 4) is 5.75 Å². The van der Waals surface area contributed by atoms with Gasteiger partial charge in [-0.2, -0.15) is 4.21 Å². The van der Waals surface area contributed by atoms with Crippen molar-refractivity contribution in [2.24, 2.45) is 0 Å². The van der Waals surface area contributed by atoms with E-state index in [1.807, 2.05) is 6.92 Å². The fourth-order valence-corrected chi connectivity index (χ4v) is 1.43. The number of rotatable bonds is 4. The fraction of sp³-hybridized carbons (Fsp3) is 0.250. The van der Waals surface area contributed by atoms with Crippen LogP contribution in [0.25, 0.3) is 0 Å². The van der Waals surface area contributed by atoms with Gasteiger partial charge in [0, 0.05) is 11.6 Å². The lowest BCUT2D eigenvalue weighted by Crippen LogP contribution is -2.20. The standard InChI is InChI=1S/C8H10ClNO2S/c1-2-10-13(11)12-8-5-3-7(9)4-6-8/h3-6,10H,2H2,1H3. The minimum Gasteiger partial charge on any atom is -0.389 e. The summed E-state index contributed by atoms with van der Waals surface area (Å²) in [6, 6.07) is 6.69. The molecule has 0 fully saturated rings. The topological polar surface area (TPSA) is 38.3 Å². The van der Waals surface area contributed by atoms with Crippen molar-refractivity contribution in [2.75, 3.05) is 6.54 Å². The molecule has 0 aliphatic carbocycles. The van der Waals surface area contributed by atoms with Crippen LogP contribution < -0.4 is 8.91 Å². The molecule has 0 spiro atoms. The molecule has 1 rings (SSSR count). The minimum absolute atomic E-state index is 0.531. The van der Waals surface area contributed by atoms with E-state index in [-0.39, 0.29) is 0 Å². The second-order valence-electron chi connectivity index (χ2n) is 2.27. The van der Waals surface area contributed by atoms with Gasteiger partial charge in [0.15, 0.2) is 0 Å². The van der Waals surface area contributed by atoms with Crippen LogP contribution in [0, 0.1) is 0 Å². The molecule has 0 radical (unpaired) electrons. The van der Waals surface area contributed by atoms with Crippen LogP contribution in [0.2, 0.25) is 5.02 Å². The first-order chi connectivity index (χ1) is 6.22. The maximum Gasteiger partial charge on any atom is 0.287 e. The molecule has 0 aliphatic heterocycles.